The van der Waals surface area contributed by atoms with Gasteiger partial charge in [0, 0.05) is 7.11 Å². The van der Waals surface area contributed by atoms with E-state index in [9.17, 15) is 0 Å². The molecule has 2 nitrogen and oxygen atoms in total. The minimum absolute atomic E-state index is 0.336. The van der Waals surface area contributed by atoms with Gasteiger partial charge >= 0.3 is 0 Å². The van der Waals surface area contributed by atoms with E-state index in [0.29, 0.717) is 12.1 Å². The Bertz CT molecular complexity index is 260. The molecule has 1 aliphatic rings. The molecule has 1 aromatic carbocycles. The van der Waals surface area contributed by atoms with Gasteiger partial charge in [-0.15, -0.1) is 0 Å². The van der Waals surface area contributed by atoms with Crippen LogP contribution in [0.5, 0.6) is 0 Å². The zero-order valence-corrected chi connectivity index (χ0v) is 7.86. The average molecular weight is 177 g/mol. The van der Waals surface area contributed by atoms with Gasteiger partial charge in [0.25, 0.3) is 0 Å². The van der Waals surface area contributed by atoms with Crippen molar-refractivity contribution in [2.45, 2.75) is 18.6 Å². The van der Waals surface area contributed by atoms with Crippen LogP contribution in [-0.2, 0) is 4.74 Å². The second-order valence-corrected chi connectivity index (χ2v) is 3.41. The molecule has 0 radical (unpaired) electrons. The zero-order chi connectivity index (χ0) is 9.10. The molecule has 0 amide bonds. The van der Waals surface area contributed by atoms with E-state index in [1.54, 1.807) is 7.11 Å². The first-order valence-electron chi connectivity index (χ1n) is 4.73. The summed E-state index contributed by atoms with van der Waals surface area (Å²) in [7, 11) is 1.79. The van der Waals surface area contributed by atoms with E-state index >= 15 is 0 Å². The lowest BCUT2D eigenvalue weighted by Gasteiger charge is -2.18. The van der Waals surface area contributed by atoms with Crippen LogP contribution in [0.1, 0.15) is 18.0 Å². The highest BCUT2D eigenvalue weighted by Crippen LogP contribution is 2.25. The van der Waals surface area contributed by atoms with Crippen molar-refractivity contribution in [3.63, 3.8) is 0 Å². The van der Waals surface area contributed by atoms with Crippen LogP contribution >= 0.6 is 0 Å². The fourth-order valence-electron chi connectivity index (χ4n) is 1.93. The number of ether oxygens (including phenoxy) is 1. The van der Waals surface area contributed by atoms with Gasteiger partial charge in [-0.2, -0.15) is 0 Å². The molecule has 2 heteroatoms. The zero-order valence-electron chi connectivity index (χ0n) is 7.86. The van der Waals surface area contributed by atoms with Crippen molar-refractivity contribution in [1.29, 1.82) is 0 Å². The molecule has 13 heavy (non-hydrogen) atoms. The van der Waals surface area contributed by atoms with Crippen LogP contribution in [0.2, 0.25) is 0 Å². The van der Waals surface area contributed by atoms with E-state index in [1.165, 1.54) is 5.56 Å². The third-order valence-electron chi connectivity index (χ3n) is 2.63. The third-order valence-corrected chi connectivity index (χ3v) is 2.63. The van der Waals surface area contributed by atoms with E-state index in [2.05, 4.69) is 29.6 Å². The van der Waals surface area contributed by atoms with Crippen molar-refractivity contribution >= 4 is 0 Å². The number of nitrogens with one attached hydrogen (secondary N) is 1. The van der Waals surface area contributed by atoms with Crippen molar-refractivity contribution in [2.75, 3.05) is 13.7 Å². The Balaban J connectivity index is 2.16. The maximum absolute atomic E-state index is 5.42. The number of hydrogen-bond donors (Lipinski definition) is 1. The number of benzene rings is 1. The summed E-state index contributed by atoms with van der Waals surface area (Å²) in [6.07, 6.45) is 1.44. The summed E-state index contributed by atoms with van der Waals surface area (Å²) in [4.78, 5) is 0. The molecule has 1 heterocycles. The fraction of sp³-hybridized carbons (Fsp3) is 0.455. The van der Waals surface area contributed by atoms with E-state index in [4.69, 9.17) is 4.74 Å². The first-order chi connectivity index (χ1) is 6.42. The maximum atomic E-state index is 5.42. The SMILES string of the molecule is COC1CCNC1c1ccccc1. The maximum Gasteiger partial charge on any atom is 0.0778 e. The smallest absolute Gasteiger partial charge is 0.0778 e. The molecule has 0 bridgehead atoms. The molecule has 1 aliphatic heterocycles. The molecule has 1 saturated heterocycles. The van der Waals surface area contributed by atoms with Gasteiger partial charge in [0.15, 0.2) is 0 Å². The standard InChI is InChI=1S/C11H15NO/c1-13-10-7-8-12-11(10)9-5-3-2-4-6-9/h2-6,10-12H,7-8H2,1H3. The lowest BCUT2D eigenvalue weighted by atomic mass is 10.0. The summed E-state index contributed by atoms with van der Waals surface area (Å²) in [6, 6.07) is 10.9. The van der Waals surface area contributed by atoms with Crippen molar-refractivity contribution in [2.24, 2.45) is 0 Å². The van der Waals surface area contributed by atoms with Gasteiger partial charge in [-0.3, -0.25) is 0 Å². The van der Waals surface area contributed by atoms with Crippen LogP contribution in [0.15, 0.2) is 30.3 Å². The molecule has 1 aromatic rings. The van der Waals surface area contributed by atoms with Gasteiger partial charge in [-0.05, 0) is 18.5 Å². The predicted molar refractivity (Wildman–Crippen MR) is 52.6 cm³/mol. The molecule has 0 aliphatic carbocycles. The third kappa shape index (κ3) is 1.74. The van der Waals surface area contributed by atoms with E-state index in [-0.39, 0.29) is 0 Å². The molecule has 0 aromatic heterocycles. The van der Waals surface area contributed by atoms with Crippen LogP contribution in [-0.4, -0.2) is 19.8 Å². The second-order valence-electron chi connectivity index (χ2n) is 3.41. The molecule has 0 spiro atoms. The Labute approximate surface area is 78.9 Å². The molecule has 2 rings (SSSR count). The predicted octanol–water partition coefficient (Wildman–Crippen LogP) is 1.74. The largest absolute Gasteiger partial charge is 0.379 e. The van der Waals surface area contributed by atoms with E-state index < -0.39 is 0 Å². The van der Waals surface area contributed by atoms with Crippen LogP contribution in [0.4, 0.5) is 0 Å². The Morgan fingerprint density at radius 1 is 1.31 bits per heavy atom. The summed E-state index contributed by atoms with van der Waals surface area (Å²) in [6.45, 7) is 1.05. The van der Waals surface area contributed by atoms with Crippen molar-refractivity contribution in [3.05, 3.63) is 35.9 Å². The summed E-state index contributed by atoms with van der Waals surface area (Å²) in [5.41, 5.74) is 1.33. The molecule has 1 N–H and O–H groups in total. The van der Waals surface area contributed by atoms with Gasteiger partial charge in [0.1, 0.15) is 0 Å². The number of methoxy groups -OCH3 is 1. The fourth-order valence-corrected chi connectivity index (χ4v) is 1.93. The highest BCUT2D eigenvalue weighted by molar-refractivity contribution is 5.21. The van der Waals surface area contributed by atoms with Gasteiger partial charge in [0.2, 0.25) is 0 Å². The normalized spacial score (nSPS) is 27.8. The van der Waals surface area contributed by atoms with Crippen molar-refractivity contribution < 1.29 is 4.74 Å². The summed E-state index contributed by atoms with van der Waals surface area (Å²) in [5, 5.41) is 3.45. The van der Waals surface area contributed by atoms with Crippen LogP contribution < -0.4 is 5.32 Å². The number of hydrogen-bond acceptors (Lipinski definition) is 2. The quantitative estimate of drug-likeness (QED) is 0.743. The number of rotatable bonds is 2. The molecule has 1 fully saturated rings. The monoisotopic (exact) mass is 177 g/mol. The molecule has 2 unspecified atom stereocenters. The van der Waals surface area contributed by atoms with Crippen LogP contribution in [0, 0.1) is 0 Å². The van der Waals surface area contributed by atoms with Gasteiger partial charge in [0.05, 0.1) is 12.1 Å². The lowest BCUT2D eigenvalue weighted by Crippen LogP contribution is -2.22. The Morgan fingerprint density at radius 3 is 2.77 bits per heavy atom. The molecule has 2 atom stereocenters. The molecule has 70 valence electrons. The second kappa shape index (κ2) is 3.90. The first kappa shape index (κ1) is 8.73. The minimum atomic E-state index is 0.336. The average Bonchev–Trinajstić information content (AvgIpc) is 2.67. The Hall–Kier alpha value is -0.860. The topological polar surface area (TPSA) is 21.3 Å². The molecular weight excluding hydrogens is 162 g/mol. The van der Waals surface area contributed by atoms with Crippen LogP contribution in [0.3, 0.4) is 0 Å². The highest BCUT2D eigenvalue weighted by atomic mass is 16.5. The molecule has 0 saturated carbocycles. The van der Waals surface area contributed by atoms with Crippen LogP contribution in [0.25, 0.3) is 0 Å². The van der Waals surface area contributed by atoms with Gasteiger partial charge in [-0.1, -0.05) is 30.3 Å². The van der Waals surface area contributed by atoms with Gasteiger partial charge < -0.3 is 10.1 Å². The Morgan fingerprint density at radius 2 is 2.08 bits per heavy atom. The van der Waals surface area contributed by atoms with Crippen molar-refractivity contribution in [3.8, 4) is 0 Å². The van der Waals surface area contributed by atoms with E-state index in [0.717, 1.165) is 13.0 Å². The van der Waals surface area contributed by atoms with Crippen molar-refractivity contribution in [1.82, 2.24) is 5.32 Å². The summed E-state index contributed by atoms with van der Waals surface area (Å²) in [5.74, 6) is 0. The van der Waals surface area contributed by atoms with Gasteiger partial charge in [-0.25, -0.2) is 0 Å². The lowest BCUT2D eigenvalue weighted by molar-refractivity contribution is 0.0920. The summed E-state index contributed by atoms with van der Waals surface area (Å²) >= 11 is 0. The highest BCUT2D eigenvalue weighted by Gasteiger charge is 2.27. The minimum Gasteiger partial charge on any atom is -0.379 e. The Kier molecular flexibility index (Phi) is 2.62. The van der Waals surface area contributed by atoms with E-state index in [1.807, 2.05) is 6.07 Å². The molecular formula is C11H15NO. The summed E-state index contributed by atoms with van der Waals surface area (Å²) < 4.78 is 5.42. The first-order valence-corrected chi connectivity index (χ1v) is 4.73.